The summed E-state index contributed by atoms with van der Waals surface area (Å²) in [7, 11) is 0. The fourth-order valence-electron chi connectivity index (χ4n) is 5.49. The zero-order valence-electron chi connectivity index (χ0n) is 19.9. The van der Waals surface area contributed by atoms with Gasteiger partial charge < -0.3 is 14.2 Å². The summed E-state index contributed by atoms with van der Waals surface area (Å²) in [6, 6.07) is 17.1. The summed E-state index contributed by atoms with van der Waals surface area (Å²) in [6.07, 6.45) is 6.66. The van der Waals surface area contributed by atoms with Gasteiger partial charge in [0.2, 0.25) is 5.91 Å². The van der Waals surface area contributed by atoms with Crippen molar-refractivity contribution < 1.29 is 9.53 Å². The van der Waals surface area contributed by atoms with Crippen LogP contribution in [0.4, 0.5) is 0 Å². The first kappa shape index (κ1) is 22.0. The van der Waals surface area contributed by atoms with Gasteiger partial charge in [-0.1, -0.05) is 57.4 Å². The van der Waals surface area contributed by atoms with Crippen molar-refractivity contribution >= 4 is 16.9 Å². The van der Waals surface area contributed by atoms with Crippen LogP contribution in [0.3, 0.4) is 0 Å². The number of fused-ring (bicyclic) bond motifs is 1. The Kier molecular flexibility index (Phi) is 6.39. The van der Waals surface area contributed by atoms with E-state index in [2.05, 4.69) is 65.8 Å². The van der Waals surface area contributed by atoms with Crippen molar-refractivity contribution in [3.05, 3.63) is 59.9 Å². The van der Waals surface area contributed by atoms with Crippen molar-refractivity contribution in [1.29, 1.82) is 0 Å². The molecule has 1 amide bonds. The quantitative estimate of drug-likeness (QED) is 0.456. The number of likely N-dealkylation sites (tertiary alicyclic amines) is 1. The van der Waals surface area contributed by atoms with Crippen molar-refractivity contribution in [3.63, 3.8) is 0 Å². The second kappa shape index (κ2) is 9.58. The van der Waals surface area contributed by atoms with Crippen molar-refractivity contribution in [3.8, 4) is 5.75 Å². The summed E-state index contributed by atoms with van der Waals surface area (Å²) < 4.78 is 8.37. The number of hydrogen-bond donors (Lipinski definition) is 0. The van der Waals surface area contributed by atoms with E-state index < -0.39 is 0 Å². The monoisotopic (exact) mass is 445 g/mol. The Balaban J connectivity index is 1.33. The topological polar surface area (TPSA) is 47.4 Å². The van der Waals surface area contributed by atoms with Crippen molar-refractivity contribution in [2.75, 3.05) is 13.2 Å². The van der Waals surface area contributed by atoms with Gasteiger partial charge in [0.15, 0.2) is 0 Å². The molecule has 2 heterocycles. The molecule has 2 fully saturated rings. The van der Waals surface area contributed by atoms with Crippen LogP contribution in [0.15, 0.2) is 48.5 Å². The summed E-state index contributed by atoms with van der Waals surface area (Å²) >= 11 is 0. The molecular weight excluding hydrogens is 410 g/mol. The Labute approximate surface area is 196 Å². The molecule has 0 N–H and O–H groups in total. The van der Waals surface area contributed by atoms with Crippen LogP contribution in [0.5, 0.6) is 5.75 Å². The van der Waals surface area contributed by atoms with Gasteiger partial charge in [-0.25, -0.2) is 4.98 Å². The number of carbonyl (C=O) groups is 1. The van der Waals surface area contributed by atoms with Gasteiger partial charge in [0.05, 0.1) is 17.6 Å². The number of amides is 1. The molecule has 2 aromatic carbocycles. The van der Waals surface area contributed by atoms with E-state index in [1.54, 1.807) is 0 Å². The lowest BCUT2D eigenvalue weighted by molar-refractivity contribution is -0.130. The maximum absolute atomic E-state index is 12.9. The fraction of sp³-hybridized carbons (Fsp3) is 0.500. The van der Waals surface area contributed by atoms with E-state index >= 15 is 0 Å². The first-order chi connectivity index (χ1) is 16.1. The lowest BCUT2D eigenvalue weighted by Crippen LogP contribution is -2.37. The molecule has 0 bridgehead atoms. The van der Waals surface area contributed by atoms with Crippen LogP contribution in [0.1, 0.15) is 75.6 Å². The van der Waals surface area contributed by atoms with E-state index in [0.29, 0.717) is 30.9 Å². The highest BCUT2D eigenvalue weighted by Crippen LogP contribution is 2.34. The molecule has 3 aromatic rings. The second-order valence-electron chi connectivity index (χ2n) is 9.92. The SMILES string of the molecule is CC(C)c1ccc(OCCn2c(C3CC(=O)N(C4CCCCC4)C3)nc3ccccc32)cc1. The highest BCUT2D eigenvalue weighted by atomic mass is 16.5. The molecule has 1 saturated heterocycles. The van der Waals surface area contributed by atoms with Crippen LogP contribution < -0.4 is 4.74 Å². The van der Waals surface area contributed by atoms with Crippen LogP contribution in [0, 0.1) is 0 Å². The number of benzene rings is 2. The lowest BCUT2D eigenvalue weighted by Gasteiger charge is -2.31. The average molecular weight is 446 g/mol. The Morgan fingerprint density at radius 3 is 2.55 bits per heavy atom. The predicted octanol–water partition coefficient (Wildman–Crippen LogP) is 5.89. The van der Waals surface area contributed by atoms with Gasteiger partial charge in [0.25, 0.3) is 0 Å². The number of carbonyl (C=O) groups excluding carboxylic acids is 1. The molecule has 5 nitrogen and oxygen atoms in total. The summed E-state index contributed by atoms with van der Waals surface area (Å²) in [5.41, 5.74) is 3.44. The minimum Gasteiger partial charge on any atom is -0.492 e. The van der Waals surface area contributed by atoms with Crippen LogP contribution in [-0.2, 0) is 11.3 Å². The van der Waals surface area contributed by atoms with Gasteiger partial charge in [-0.3, -0.25) is 4.79 Å². The van der Waals surface area contributed by atoms with Gasteiger partial charge in [-0.15, -0.1) is 0 Å². The highest BCUT2D eigenvalue weighted by Gasteiger charge is 2.37. The third-order valence-electron chi connectivity index (χ3n) is 7.35. The molecule has 1 aliphatic heterocycles. The van der Waals surface area contributed by atoms with Gasteiger partial charge in [-0.2, -0.15) is 0 Å². The summed E-state index contributed by atoms with van der Waals surface area (Å²) in [6.45, 7) is 6.48. The normalized spacial score (nSPS) is 19.7. The van der Waals surface area contributed by atoms with Crippen LogP contribution in [-0.4, -0.2) is 39.6 Å². The molecule has 0 spiro atoms. The minimum absolute atomic E-state index is 0.150. The van der Waals surface area contributed by atoms with E-state index in [4.69, 9.17) is 9.72 Å². The summed E-state index contributed by atoms with van der Waals surface area (Å²) in [5.74, 6) is 2.89. The molecule has 1 saturated carbocycles. The minimum atomic E-state index is 0.150. The number of hydrogen-bond acceptors (Lipinski definition) is 3. The third-order valence-corrected chi connectivity index (χ3v) is 7.35. The molecule has 0 radical (unpaired) electrons. The van der Waals surface area contributed by atoms with E-state index in [1.807, 2.05) is 6.07 Å². The molecule has 1 unspecified atom stereocenters. The van der Waals surface area contributed by atoms with E-state index in [0.717, 1.165) is 48.5 Å². The number of rotatable bonds is 7. The van der Waals surface area contributed by atoms with E-state index in [-0.39, 0.29) is 5.92 Å². The Hall–Kier alpha value is -2.82. The summed E-state index contributed by atoms with van der Waals surface area (Å²) in [4.78, 5) is 20.1. The Morgan fingerprint density at radius 2 is 1.79 bits per heavy atom. The standard InChI is InChI=1S/C28H35N3O2/c1-20(2)21-12-14-24(15-13-21)33-17-16-30-26-11-7-6-10-25(26)29-28(30)22-18-27(32)31(19-22)23-8-4-3-5-9-23/h6-7,10-15,20,22-23H,3-5,8-9,16-19H2,1-2H3. The third kappa shape index (κ3) is 4.64. The molecule has 2 aliphatic rings. The van der Waals surface area contributed by atoms with Crippen molar-refractivity contribution in [1.82, 2.24) is 14.5 Å². The largest absolute Gasteiger partial charge is 0.492 e. The van der Waals surface area contributed by atoms with E-state index in [1.165, 1.54) is 24.8 Å². The predicted molar refractivity (Wildman–Crippen MR) is 132 cm³/mol. The molecule has 5 heteroatoms. The van der Waals surface area contributed by atoms with Crippen LogP contribution in [0.25, 0.3) is 11.0 Å². The van der Waals surface area contributed by atoms with Gasteiger partial charge in [-0.05, 0) is 48.6 Å². The maximum atomic E-state index is 12.9. The van der Waals surface area contributed by atoms with E-state index in [9.17, 15) is 4.79 Å². The molecule has 33 heavy (non-hydrogen) atoms. The smallest absolute Gasteiger partial charge is 0.223 e. The first-order valence-electron chi connectivity index (χ1n) is 12.6. The number of ether oxygens (including phenoxy) is 1. The van der Waals surface area contributed by atoms with Crippen molar-refractivity contribution in [2.45, 2.75) is 76.8 Å². The van der Waals surface area contributed by atoms with Crippen molar-refractivity contribution in [2.24, 2.45) is 0 Å². The highest BCUT2D eigenvalue weighted by molar-refractivity contribution is 5.81. The van der Waals surface area contributed by atoms with Crippen LogP contribution in [0.2, 0.25) is 0 Å². The van der Waals surface area contributed by atoms with Gasteiger partial charge >= 0.3 is 0 Å². The van der Waals surface area contributed by atoms with Gasteiger partial charge in [0.1, 0.15) is 18.2 Å². The Bertz CT molecular complexity index is 1100. The molecular formula is C28H35N3O2. The maximum Gasteiger partial charge on any atom is 0.223 e. The molecule has 1 aromatic heterocycles. The summed E-state index contributed by atoms with van der Waals surface area (Å²) in [5, 5.41) is 0. The number of aromatic nitrogens is 2. The molecule has 1 atom stereocenters. The number of para-hydroxylation sites is 2. The van der Waals surface area contributed by atoms with Gasteiger partial charge in [0, 0.05) is 24.9 Å². The molecule has 5 rings (SSSR count). The number of nitrogens with zero attached hydrogens (tertiary/aromatic N) is 3. The second-order valence-corrected chi connectivity index (χ2v) is 9.92. The molecule has 174 valence electrons. The van der Waals surface area contributed by atoms with Crippen LogP contribution >= 0.6 is 0 Å². The zero-order chi connectivity index (χ0) is 22.8. The lowest BCUT2D eigenvalue weighted by atomic mass is 9.94. The fourth-order valence-corrected chi connectivity index (χ4v) is 5.49. The average Bonchev–Trinajstić information content (AvgIpc) is 3.40. The molecule has 1 aliphatic carbocycles. The zero-order valence-corrected chi connectivity index (χ0v) is 19.9. The Morgan fingerprint density at radius 1 is 1.03 bits per heavy atom. The number of imidazole rings is 1. The first-order valence-corrected chi connectivity index (χ1v) is 12.6.